The van der Waals surface area contributed by atoms with Crippen LogP contribution in [-0.2, 0) is 12.8 Å². The normalized spacial score (nSPS) is 16.3. The largest absolute Gasteiger partial charge is 0.493 e. The second kappa shape index (κ2) is 6.88. The maximum atomic E-state index is 10.8. The van der Waals surface area contributed by atoms with E-state index >= 15 is 0 Å². The Bertz CT molecular complexity index is 743. The molecule has 2 aromatic rings. The molecule has 126 valence electrons. The van der Waals surface area contributed by atoms with E-state index in [-0.39, 0.29) is 16.7 Å². The summed E-state index contributed by atoms with van der Waals surface area (Å²) in [6.45, 7) is 0.889. The summed E-state index contributed by atoms with van der Waals surface area (Å²) < 4.78 is 10.8. The minimum Gasteiger partial charge on any atom is -0.493 e. The van der Waals surface area contributed by atoms with Crippen molar-refractivity contribution in [3.63, 3.8) is 0 Å². The number of nitro groups is 1. The average Bonchev–Trinajstić information content (AvgIpc) is 2.61. The van der Waals surface area contributed by atoms with Gasteiger partial charge >= 0.3 is 0 Å². The third-order valence-corrected chi connectivity index (χ3v) is 4.39. The molecule has 6 heteroatoms. The van der Waals surface area contributed by atoms with Crippen molar-refractivity contribution in [3.8, 4) is 11.5 Å². The summed E-state index contributed by atoms with van der Waals surface area (Å²) in [5.74, 6) is 1.46. The van der Waals surface area contributed by atoms with Crippen LogP contribution in [0.2, 0.25) is 0 Å². The van der Waals surface area contributed by atoms with Crippen molar-refractivity contribution in [3.05, 3.63) is 63.2 Å². The van der Waals surface area contributed by atoms with Gasteiger partial charge in [0.05, 0.1) is 19.1 Å². The molecule has 0 bridgehead atoms. The van der Waals surface area contributed by atoms with Gasteiger partial charge in [0.15, 0.2) is 11.5 Å². The molecule has 0 amide bonds. The lowest BCUT2D eigenvalue weighted by Crippen LogP contribution is -2.31. The zero-order chi connectivity index (χ0) is 17.1. The Kier molecular flexibility index (Phi) is 4.66. The fourth-order valence-electron chi connectivity index (χ4n) is 3.14. The van der Waals surface area contributed by atoms with Crippen molar-refractivity contribution in [2.24, 2.45) is 0 Å². The maximum Gasteiger partial charge on any atom is 0.269 e. The molecule has 0 saturated carbocycles. The Hall–Kier alpha value is -2.60. The number of rotatable bonds is 5. The van der Waals surface area contributed by atoms with Crippen molar-refractivity contribution in [1.29, 1.82) is 0 Å². The first-order valence-corrected chi connectivity index (χ1v) is 7.84. The topological polar surface area (TPSA) is 73.6 Å². The van der Waals surface area contributed by atoms with Gasteiger partial charge in [0.1, 0.15) is 0 Å². The highest BCUT2D eigenvalue weighted by molar-refractivity contribution is 5.50. The first-order valence-electron chi connectivity index (χ1n) is 7.84. The Labute approximate surface area is 140 Å². The van der Waals surface area contributed by atoms with Gasteiger partial charge < -0.3 is 14.8 Å². The molecular weight excluding hydrogens is 308 g/mol. The van der Waals surface area contributed by atoms with Gasteiger partial charge in [0.2, 0.25) is 0 Å². The fraction of sp³-hybridized carbons (Fsp3) is 0.333. The number of nitrogens with one attached hydrogen (secondary N) is 1. The number of hydrogen-bond acceptors (Lipinski definition) is 5. The number of nitrogens with zero attached hydrogens (tertiary/aromatic N) is 1. The van der Waals surface area contributed by atoms with Crippen LogP contribution in [0, 0.1) is 10.1 Å². The minimum atomic E-state index is -0.380. The van der Waals surface area contributed by atoms with Gasteiger partial charge in [-0.05, 0) is 48.2 Å². The van der Waals surface area contributed by atoms with Crippen molar-refractivity contribution in [2.75, 3.05) is 20.8 Å². The monoisotopic (exact) mass is 328 g/mol. The summed E-state index contributed by atoms with van der Waals surface area (Å²) in [5.41, 5.74) is 3.61. The van der Waals surface area contributed by atoms with E-state index in [1.807, 2.05) is 24.3 Å². The van der Waals surface area contributed by atoms with Gasteiger partial charge in [-0.1, -0.05) is 12.1 Å². The first kappa shape index (κ1) is 16.3. The van der Waals surface area contributed by atoms with E-state index in [1.165, 1.54) is 11.1 Å². The highest BCUT2D eigenvalue weighted by Crippen LogP contribution is 2.36. The molecular formula is C18H20N2O4. The molecule has 1 heterocycles. The molecule has 1 aliphatic rings. The highest BCUT2D eigenvalue weighted by atomic mass is 16.6. The van der Waals surface area contributed by atoms with E-state index in [2.05, 4.69) is 5.32 Å². The van der Waals surface area contributed by atoms with Crippen LogP contribution >= 0.6 is 0 Å². The van der Waals surface area contributed by atoms with Gasteiger partial charge in [-0.2, -0.15) is 0 Å². The number of hydrogen-bond donors (Lipinski definition) is 1. The molecule has 0 spiro atoms. The molecule has 0 saturated heterocycles. The zero-order valence-corrected chi connectivity index (χ0v) is 13.7. The van der Waals surface area contributed by atoms with Crippen LogP contribution in [0.4, 0.5) is 5.69 Å². The van der Waals surface area contributed by atoms with Crippen molar-refractivity contribution in [2.45, 2.75) is 18.9 Å². The van der Waals surface area contributed by atoms with Crippen molar-refractivity contribution >= 4 is 5.69 Å². The summed E-state index contributed by atoms with van der Waals surface area (Å²) >= 11 is 0. The van der Waals surface area contributed by atoms with Crippen molar-refractivity contribution < 1.29 is 14.4 Å². The third kappa shape index (κ3) is 3.19. The molecule has 2 aromatic carbocycles. The lowest BCUT2D eigenvalue weighted by Gasteiger charge is -2.28. The summed E-state index contributed by atoms with van der Waals surface area (Å²) in [6, 6.07) is 10.9. The minimum absolute atomic E-state index is 0.113. The standard InChI is InChI=1S/C18H20N2O4/c1-23-17-10-13-7-8-19-16(15(13)11-18(17)24-2)9-12-3-5-14(6-4-12)20(21)22/h3-6,10-11,16,19H,7-9H2,1-2H3/t16-/m1/s1. The maximum absolute atomic E-state index is 10.8. The van der Waals surface area contributed by atoms with Crippen LogP contribution in [0.3, 0.4) is 0 Å². The van der Waals surface area contributed by atoms with E-state index < -0.39 is 0 Å². The van der Waals surface area contributed by atoms with E-state index in [0.29, 0.717) is 5.75 Å². The van der Waals surface area contributed by atoms with Gasteiger partial charge in [0, 0.05) is 18.2 Å². The van der Waals surface area contributed by atoms with Gasteiger partial charge in [-0.25, -0.2) is 0 Å². The molecule has 1 atom stereocenters. The SMILES string of the molecule is COc1cc2c(cc1OC)[C@@H](Cc1ccc([N+](=O)[O-])cc1)NCC2. The predicted octanol–water partition coefficient (Wildman–Crippen LogP) is 3.04. The van der Waals surface area contributed by atoms with Crippen LogP contribution in [-0.4, -0.2) is 25.7 Å². The van der Waals surface area contributed by atoms with Gasteiger partial charge in [-0.3, -0.25) is 10.1 Å². The highest BCUT2D eigenvalue weighted by Gasteiger charge is 2.23. The predicted molar refractivity (Wildman–Crippen MR) is 90.8 cm³/mol. The summed E-state index contributed by atoms with van der Waals surface area (Å²) in [7, 11) is 3.27. The molecule has 6 nitrogen and oxygen atoms in total. The number of ether oxygens (including phenoxy) is 2. The van der Waals surface area contributed by atoms with Gasteiger partial charge in [0.25, 0.3) is 5.69 Å². The average molecular weight is 328 g/mol. The second-order valence-electron chi connectivity index (χ2n) is 5.79. The zero-order valence-electron chi connectivity index (χ0n) is 13.7. The third-order valence-electron chi connectivity index (χ3n) is 4.39. The quantitative estimate of drug-likeness (QED) is 0.674. The molecule has 0 unspecified atom stereocenters. The smallest absolute Gasteiger partial charge is 0.269 e. The summed E-state index contributed by atoms with van der Waals surface area (Å²) in [6.07, 6.45) is 1.70. The summed E-state index contributed by atoms with van der Waals surface area (Å²) in [4.78, 5) is 10.4. The first-order chi connectivity index (χ1) is 11.6. The molecule has 24 heavy (non-hydrogen) atoms. The molecule has 1 N–H and O–H groups in total. The Morgan fingerprint density at radius 3 is 2.46 bits per heavy atom. The van der Waals surface area contributed by atoms with Crippen LogP contribution in [0.15, 0.2) is 36.4 Å². The van der Waals surface area contributed by atoms with Crippen LogP contribution in [0.5, 0.6) is 11.5 Å². The van der Waals surface area contributed by atoms with E-state index in [1.54, 1.807) is 26.4 Å². The summed E-state index contributed by atoms with van der Waals surface area (Å²) in [5, 5.41) is 14.3. The van der Waals surface area contributed by atoms with Gasteiger partial charge in [-0.15, -0.1) is 0 Å². The van der Waals surface area contributed by atoms with Crippen LogP contribution in [0.1, 0.15) is 22.7 Å². The molecule has 3 rings (SSSR count). The second-order valence-corrected chi connectivity index (χ2v) is 5.79. The molecule has 0 radical (unpaired) electrons. The number of non-ortho nitro benzene ring substituents is 1. The number of methoxy groups -OCH3 is 2. The van der Waals surface area contributed by atoms with Crippen molar-refractivity contribution in [1.82, 2.24) is 5.32 Å². The number of nitro benzene ring substituents is 1. The molecule has 1 aliphatic heterocycles. The Balaban J connectivity index is 1.87. The van der Waals surface area contributed by atoms with E-state index in [0.717, 1.165) is 30.7 Å². The Morgan fingerprint density at radius 1 is 1.17 bits per heavy atom. The van der Waals surface area contributed by atoms with Crippen LogP contribution < -0.4 is 14.8 Å². The lowest BCUT2D eigenvalue weighted by atomic mass is 9.90. The fourth-order valence-corrected chi connectivity index (χ4v) is 3.14. The number of fused-ring (bicyclic) bond motifs is 1. The molecule has 0 aliphatic carbocycles. The van der Waals surface area contributed by atoms with E-state index in [4.69, 9.17) is 9.47 Å². The number of benzene rings is 2. The Morgan fingerprint density at radius 2 is 1.83 bits per heavy atom. The van der Waals surface area contributed by atoms with E-state index in [9.17, 15) is 10.1 Å². The van der Waals surface area contributed by atoms with Crippen LogP contribution in [0.25, 0.3) is 0 Å². The molecule has 0 aromatic heterocycles. The molecule has 0 fully saturated rings. The lowest BCUT2D eigenvalue weighted by molar-refractivity contribution is -0.384.